The highest BCUT2D eigenvalue weighted by atomic mass is 35.5. The van der Waals surface area contributed by atoms with E-state index in [1.807, 2.05) is 54.1 Å². The van der Waals surface area contributed by atoms with Gasteiger partial charge in [0.05, 0.1) is 16.1 Å². The molecule has 0 radical (unpaired) electrons. The lowest BCUT2D eigenvalue weighted by molar-refractivity contribution is 0.960. The Morgan fingerprint density at radius 3 is 2.61 bits per heavy atom. The van der Waals surface area contributed by atoms with E-state index in [9.17, 15) is 0 Å². The Balaban J connectivity index is 2.35. The number of aryl methyl sites for hydroxylation is 1. The van der Waals surface area contributed by atoms with Crippen LogP contribution in [-0.4, -0.2) is 9.55 Å². The Morgan fingerprint density at radius 2 is 1.89 bits per heavy atom. The Morgan fingerprint density at radius 1 is 1.11 bits per heavy atom. The van der Waals surface area contributed by atoms with Crippen molar-refractivity contribution in [2.75, 3.05) is 5.73 Å². The number of nitrogen functional groups attached to an aromatic ring is 1. The summed E-state index contributed by atoms with van der Waals surface area (Å²) in [6.45, 7) is 0. The van der Waals surface area contributed by atoms with Crippen LogP contribution in [-0.2, 0) is 7.05 Å². The Labute approximate surface area is 110 Å². The van der Waals surface area contributed by atoms with E-state index in [0.717, 1.165) is 22.4 Å². The van der Waals surface area contributed by atoms with Gasteiger partial charge in [-0.2, -0.15) is 0 Å². The maximum atomic E-state index is 6.21. The Hall–Kier alpha value is -2.00. The van der Waals surface area contributed by atoms with Crippen LogP contribution in [0.25, 0.3) is 22.4 Å². The monoisotopic (exact) mass is 257 g/mol. The zero-order valence-electron chi connectivity index (χ0n) is 9.89. The molecule has 0 bridgehead atoms. The first kappa shape index (κ1) is 11.1. The fourth-order valence-electron chi connectivity index (χ4n) is 2.16. The van der Waals surface area contributed by atoms with Gasteiger partial charge in [0.25, 0.3) is 0 Å². The molecule has 0 saturated heterocycles. The summed E-state index contributed by atoms with van der Waals surface area (Å²) >= 11 is 6.21. The first-order valence-electron chi connectivity index (χ1n) is 5.64. The normalized spacial score (nSPS) is 11.0. The standard InChI is InChI=1S/C14H12ClN3/c1-18-13-10(15)6-4-8-12(13)17-14(18)9-5-2-3-7-11(9)16/h2-8H,16H2,1H3. The lowest BCUT2D eigenvalue weighted by Crippen LogP contribution is -1.96. The van der Waals surface area contributed by atoms with Crippen LogP contribution in [0.3, 0.4) is 0 Å². The molecule has 3 aromatic rings. The van der Waals surface area contributed by atoms with Gasteiger partial charge in [0.1, 0.15) is 5.82 Å². The first-order valence-corrected chi connectivity index (χ1v) is 6.02. The average molecular weight is 258 g/mol. The number of aromatic nitrogens is 2. The SMILES string of the molecule is Cn1c(-c2ccccc2N)nc2cccc(Cl)c21. The molecule has 0 unspecified atom stereocenters. The molecular weight excluding hydrogens is 246 g/mol. The molecule has 90 valence electrons. The van der Waals surface area contributed by atoms with E-state index in [1.165, 1.54) is 0 Å². The van der Waals surface area contributed by atoms with Crippen molar-refractivity contribution in [3.05, 3.63) is 47.5 Å². The predicted octanol–water partition coefficient (Wildman–Crippen LogP) is 3.48. The molecule has 0 spiro atoms. The maximum absolute atomic E-state index is 6.21. The van der Waals surface area contributed by atoms with Crippen LogP contribution in [0.4, 0.5) is 5.69 Å². The van der Waals surface area contributed by atoms with E-state index in [-0.39, 0.29) is 0 Å². The zero-order chi connectivity index (χ0) is 12.7. The molecule has 0 aliphatic carbocycles. The molecule has 3 nitrogen and oxygen atoms in total. The summed E-state index contributed by atoms with van der Waals surface area (Å²) in [6, 6.07) is 13.4. The minimum Gasteiger partial charge on any atom is -0.398 e. The summed E-state index contributed by atoms with van der Waals surface area (Å²) in [5, 5.41) is 0.697. The largest absolute Gasteiger partial charge is 0.398 e. The van der Waals surface area contributed by atoms with Gasteiger partial charge in [0, 0.05) is 18.3 Å². The first-order chi connectivity index (χ1) is 8.68. The van der Waals surface area contributed by atoms with Gasteiger partial charge in [-0.3, -0.25) is 0 Å². The van der Waals surface area contributed by atoms with E-state index >= 15 is 0 Å². The van der Waals surface area contributed by atoms with Crippen molar-refractivity contribution < 1.29 is 0 Å². The number of fused-ring (bicyclic) bond motifs is 1. The number of nitrogens with zero attached hydrogens (tertiary/aromatic N) is 2. The molecule has 3 rings (SSSR count). The quantitative estimate of drug-likeness (QED) is 0.679. The van der Waals surface area contributed by atoms with E-state index in [1.54, 1.807) is 0 Å². The number of hydrogen-bond donors (Lipinski definition) is 1. The van der Waals surface area contributed by atoms with Gasteiger partial charge < -0.3 is 10.3 Å². The predicted molar refractivity (Wildman–Crippen MR) is 75.6 cm³/mol. The summed E-state index contributed by atoms with van der Waals surface area (Å²) in [4.78, 5) is 4.60. The third-order valence-corrected chi connectivity index (χ3v) is 3.35. The average Bonchev–Trinajstić information content (AvgIpc) is 2.69. The minimum absolute atomic E-state index is 0.697. The number of para-hydroxylation sites is 2. The third kappa shape index (κ3) is 1.56. The van der Waals surface area contributed by atoms with Gasteiger partial charge >= 0.3 is 0 Å². The Bertz CT molecular complexity index is 731. The van der Waals surface area contributed by atoms with Crippen LogP contribution in [0, 0.1) is 0 Å². The number of halogens is 1. The molecule has 0 aliphatic heterocycles. The number of anilines is 1. The highest BCUT2D eigenvalue weighted by molar-refractivity contribution is 6.35. The van der Waals surface area contributed by atoms with E-state index in [2.05, 4.69) is 4.98 Å². The molecule has 0 saturated carbocycles. The second-order valence-corrected chi connectivity index (χ2v) is 4.60. The van der Waals surface area contributed by atoms with Gasteiger partial charge in [-0.15, -0.1) is 0 Å². The minimum atomic E-state index is 0.697. The Kier molecular flexibility index (Phi) is 2.49. The molecule has 0 amide bonds. The summed E-state index contributed by atoms with van der Waals surface area (Å²) in [5.74, 6) is 0.830. The van der Waals surface area contributed by atoms with Crippen LogP contribution >= 0.6 is 11.6 Å². The molecule has 1 aromatic heterocycles. The van der Waals surface area contributed by atoms with Gasteiger partial charge in [-0.25, -0.2) is 4.98 Å². The lowest BCUT2D eigenvalue weighted by atomic mass is 10.2. The molecule has 0 atom stereocenters. The fraction of sp³-hybridized carbons (Fsp3) is 0.0714. The molecule has 2 N–H and O–H groups in total. The van der Waals surface area contributed by atoms with Gasteiger partial charge in [0.15, 0.2) is 0 Å². The van der Waals surface area contributed by atoms with Crippen LogP contribution in [0.2, 0.25) is 5.02 Å². The number of rotatable bonds is 1. The number of hydrogen-bond acceptors (Lipinski definition) is 2. The highest BCUT2D eigenvalue weighted by Crippen LogP contribution is 2.30. The third-order valence-electron chi connectivity index (χ3n) is 3.05. The molecule has 0 aliphatic rings. The van der Waals surface area contributed by atoms with Gasteiger partial charge in [-0.05, 0) is 24.3 Å². The van der Waals surface area contributed by atoms with Crippen LogP contribution < -0.4 is 5.73 Å². The zero-order valence-corrected chi connectivity index (χ0v) is 10.6. The number of imidazole rings is 1. The molecule has 4 heteroatoms. The molecule has 18 heavy (non-hydrogen) atoms. The summed E-state index contributed by atoms with van der Waals surface area (Å²) < 4.78 is 1.98. The van der Waals surface area contributed by atoms with Crippen molar-refractivity contribution in [2.45, 2.75) is 0 Å². The maximum Gasteiger partial charge on any atom is 0.142 e. The van der Waals surface area contributed by atoms with Crippen LogP contribution in [0.1, 0.15) is 0 Å². The highest BCUT2D eigenvalue weighted by Gasteiger charge is 2.13. The fourth-order valence-corrected chi connectivity index (χ4v) is 2.46. The molecule has 1 heterocycles. The van der Waals surface area contributed by atoms with Crippen molar-refractivity contribution in [3.8, 4) is 11.4 Å². The number of nitrogens with two attached hydrogens (primary N) is 1. The van der Waals surface area contributed by atoms with E-state index < -0.39 is 0 Å². The smallest absolute Gasteiger partial charge is 0.142 e. The van der Waals surface area contributed by atoms with Crippen LogP contribution in [0.5, 0.6) is 0 Å². The summed E-state index contributed by atoms with van der Waals surface area (Å²) in [6.07, 6.45) is 0. The summed E-state index contributed by atoms with van der Waals surface area (Å²) in [7, 11) is 1.95. The molecule has 0 fully saturated rings. The van der Waals surface area contributed by atoms with Crippen molar-refractivity contribution >= 4 is 28.3 Å². The molecule has 2 aromatic carbocycles. The summed E-state index contributed by atoms with van der Waals surface area (Å²) in [5.41, 5.74) is 9.44. The van der Waals surface area contributed by atoms with E-state index in [0.29, 0.717) is 10.7 Å². The van der Waals surface area contributed by atoms with Crippen molar-refractivity contribution in [1.29, 1.82) is 0 Å². The van der Waals surface area contributed by atoms with E-state index in [4.69, 9.17) is 17.3 Å². The van der Waals surface area contributed by atoms with Gasteiger partial charge in [-0.1, -0.05) is 29.8 Å². The van der Waals surface area contributed by atoms with Crippen molar-refractivity contribution in [2.24, 2.45) is 7.05 Å². The molecular formula is C14H12ClN3. The lowest BCUT2D eigenvalue weighted by Gasteiger charge is -2.05. The topological polar surface area (TPSA) is 43.8 Å². The van der Waals surface area contributed by atoms with Gasteiger partial charge in [0.2, 0.25) is 0 Å². The van der Waals surface area contributed by atoms with Crippen molar-refractivity contribution in [3.63, 3.8) is 0 Å². The van der Waals surface area contributed by atoms with Crippen LogP contribution in [0.15, 0.2) is 42.5 Å². The second kappa shape index (κ2) is 4.03. The van der Waals surface area contributed by atoms with Crippen molar-refractivity contribution in [1.82, 2.24) is 9.55 Å². The second-order valence-electron chi connectivity index (χ2n) is 4.19. The number of benzene rings is 2.